The number of nitriles is 3. The third-order valence-electron chi connectivity index (χ3n) is 6.22. The van der Waals surface area contributed by atoms with Gasteiger partial charge in [-0.1, -0.05) is 43.5 Å². The molecule has 0 radical (unpaired) electrons. The lowest BCUT2D eigenvalue weighted by molar-refractivity contribution is -0.114. The average Bonchev–Trinajstić information content (AvgIpc) is 3.14. The highest BCUT2D eigenvalue weighted by molar-refractivity contribution is 6.21. The van der Waals surface area contributed by atoms with Gasteiger partial charge in [-0.15, -0.1) is 11.6 Å². The van der Waals surface area contributed by atoms with Crippen molar-refractivity contribution in [3.8, 4) is 18.2 Å². The Kier molecular flexibility index (Phi) is 9.82. The van der Waals surface area contributed by atoms with Crippen LogP contribution in [0.25, 0.3) is 0 Å². The average molecular weight is 426 g/mol. The zero-order chi connectivity index (χ0) is 21.9. The first-order chi connectivity index (χ1) is 14.5. The van der Waals surface area contributed by atoms with Gasteiger partial charge in [0.1, 0.15) is 12.0 Å². The number of halogens is 1. The highest BCUT2D eigenvalue weighted by Gasteiger charge is 2.35. The second-order valence-corrected chi connectivity index (χ2v) is 8.60. The molecule has 0 heterocycles. The van der Waals surface area contributed by atoms with Crippen molar-refractivity contribution in [2.24, 2.45) is 11.8 Å². The molecular weight excluding hydrogens is 398 g/mol. The maximum Gasteiger partial charge on any atom is 0.231 e. The Hall–Kier alpha value is -2.39. The van der Waals surface area contributed by atoms with Crippen LogP contribution >= 0.6 is 11.6 Å². The quantitative estimate of drug-likeness (QED) is 0.306. The van der Waals surface area contributed by atoms with E-state index >= 15 is 0 Å². The lowest BCUT2D eigenvalue weighted by atomic mass is 9.83. The first-order valence-electron chi connectivity index (χ1n) is 10.6. The van der Waals surface area contributed by atoms with Crippen molar-refractivity contribution in [1.82, 2.24) is 0 Å². The first-order valence-corrected chi connectivity index (χ1v) is 11.1. The number of carbonyl (C=O) groups excluding carboxylic acids is 1. The number of unbranched alkanes of at least 4 members (excludes halogenated alkanes) is 3. The molecule has 0 amide bonds. The zero-order valence-corrected chi connectivity index (χ0v) is 17.9. The SMILES string of the molecule is N#CC(=O)CCCCCC[C@H]1C(Cl)CCC1c1ccc(C(CO)C(C#N)C#N)cc1. The molecule has 4 atom stereocenters. The fourth-order valence-electron chi connectivity index (χ4n) is 4.49. The minimum absolute atomic E-state index is 0.154. The third kappa shape index (κ3) is 6.30. The van der Waals surface area contributed by atoms with Gasteiger partial charge < -0.3 is 5.11 Å². The fourth-order valence-corrected chi connectivity index (χ4v) is 4.92. The summed E-state index contributed by atoms with van der Waals surface area (Å²) < 4.78 is 0. The summed E-state index contributed by atoms with van der Waals surface area (Å²) in [5.74, 6) is -0.915. The standard InChI is InChI=1S/C24H28ClN3O2/c25-24-12-11-21(22(24)6-4-2-1-3-5-20(30)15-28)17-7-9-18(10-8-17)23(16-29)19(13-26)14-27/h7-10,19,21-24,29H,1-6,11-12,16H2/t21?,22-,23?,24?/m1/s1. The number of rotatable bonds is 11. The smallest absolute Gasteiger partial charge is 0.231 e. The Morgan fingerprint density at radius 1 is 1.07 bits per heavy atom. The summed E-state index contributed by atoms with van der Waals surface area (Å²) in [5, 5.41) is 36.5. The van der Waals surface area contributed by atoms with E-state index in [9.17, 15) is 9.90 Å². The van der Waals surface area contributed by atoms with Crippen LogP contribution in [0, 0.1) is 45.8 Å². The second kappa shape index (κ2) is 12.3. The van der Waals surface area contributed by atoms with Gasteiger partial charge in [-0.25, -0.2) is 0 Å². The number of Topliss-reactive ketones (excluding diaryl/α,β-unsaturated/α-hetero) is 1. The summed E-state index contributed by atoms with van der Waals surface area (Å²) in [6, 6.07) is 13.5. The van der Waals surface area contributed by atoms with E-state index in [2.05, 4.69) is 0 Å². The highest BCUT2D eigenvalue weighted by Crippen LogP contribution is 2.45. The number of aliphatic hydroxyl groups excluding tert-OH is 1. The van der Waals surface area contributed by atoms with Gasteiger partial charge in [0, 0.05) is 17.7 Å². The van der Waals surface area contributed by atoms with Gasteiger partial charge in [0.2, 0.25) is 5.78 Å². The van der Waals surface area contributed by atoms with Gasteiger partial charge in [0.15, 0.2) is 0 Å². The summed E-state index contributed by atoms with van der Waals surface area (Å²) in [7, 11) is 0. The van der Waals surface area contributed by atoms with Crippen LogP contribution < -0.4 is 0 Å². The van der Waals surface area contributed by atoms with Gasteiger partial charge in [-0.3, -0.25) is 4.79 Å². The molecule has 1 aromatic carbocycles. The molecule has 1 N–H and O–H groups in total. The Labute approximate surface area is 183 Å². The molecule has 0 bridgehead atoms. The van der Waals surface area contributed by atoms with Crippen molar-refractivity contribution < 1.29 is 9.90 Å². The van der Waals surface area contributed by atoms with Crippen LogP contribution in [-0.4, -0.2) is 22.9 Å². The van der Waals surface area contributed by atoms with Crippen molar-refractivity contribution in [3.63, 3.8) is 0 Å². The number of benzene rings is 1. The van der Waals surface area contributed by atoms with E-state index in [-0.39, 0.29) is 17.8 Å². The largest absolute Gasteiger partial charge is 0.396 e. The number of nitrogens with zero attached hydrogens (tertiary/aromatic N) is 3. The molecule has 0 aromatic heterocycles. The van der Waals surface area contributed by atoms with Crippen molar-refractivity contribution in [2.45, 2.75) is 68.6 Å². The van der Waals surface area contributed by atoms with Crippen molar-refractivity contribution in [2.75, 3.05) is 6.61 Å². The molecule has 158 valence electrons. The molecule has 0 saturated heterocycles. The molecular formula is C24H28ClN3O2. The fraction of sp³-hybridized carbons (Fsp3) is 0.583. The monoisotopic (exact) mass is 425 g/mol. The second-order valence-electron chi connectivity index (χ2n) is 8.04. The van der Waals surface area contributed by atoms with Crippen molar-refractivity contribution in [3.05, 3.63) is 35.4 Å². The van der Waals surface area contributed by atoms with Crippen LogP contribution in [0.15, 0.2) is 24.3 Å². The Balaban J connectivity index is 1.94. The summed E-state index contributed by atoms with van der Waals surface area (Å²) >= 11 is 6.62. The summed E-state index contributed by atoms with van der Waals surface area (Å²) in [6.45, 7) is -0.235. The minimum Gasteiger partial charge on any atom is -0.396 e. The van der Waals surface area contributed by atoms with E-state index in [0.29, 0.717) is 18.3 Å². The van der Waals surface area contributed by atoms with Crippen molar-refractivity contribution in [1.29, 1.82) is 15.8 Å². The molecule has 1 aromatic rings. The normalized spacial score (nSPS) is 21.5. The van der Waals surface area contributed by atoms with E-state index in [1.807, 2.05) is 36.4 Å². The number of alkyl halides is 1. The van der Waals surface area contributed by atoms with Crippen LogP contribution in [-0.2, 0) is 4.79 Å². The molecule has 1 saturated carbocycles. The predicted molar refractivity (Wildman–Crippen MR) is 114 cm³/mol. The number of carbonyl (C=O) groups is 1. The van der Waals surface area contributed by atoms with E-state index in [1.54, 1.807) is 6.07 Å². The number of hydrogen-bond donors (Lipinski definition) is 1. The van der Waals surface area contributed by atoms with Crippen LogP contribution in [0.3, 0.4) is 0 Å². The lowest BCUT2D eigenvalue weighted by Crippen LogP contribution is -2.15. The zero-order valence-electron chi connectivity index (χ0n) is 17.1. The molecule has 1 aliphatic rings. The predicted octanol–water partition coefficient (Wildman–Crippen LogP) is 4.96. The number of aliphatic hydroxyl groups is 1. The van der Waals surface area contributed by atoms with Gasteiger partial charge in [0.05, 0.1) is 18.7 Å². The molecule has 1 aliphatic carbocycles. The molecule has 0 aliphatic heterocycles. The third-order valence-corrected chi connectivity index (χ3v) is 6.76. The molecule has 0 spiro atoms. The highest BCUT2D eigenvalue weighted by atomic mass is 35.5. The van der Waals surface area contributed by atoms with Crippen molar-refractivity contribution >= 4 is 17.4 Å². The van der Waals surface area contributed by atoms with E-state index in [1.165, 1.54) is 5.56 Å². The van der Waals surface area contributed by atoms with E-state index < -0.39 is 11.8 Å². The molecule has 30 heavy (non-hydrogen) atoms. The molecule has 3 unspecified atom stereocenters. The lowest BCUT2D eigenvalue weighted by Gasteiger charge is -2.23. The molecule has 2 rings (SSSR count). The summed E-state index contributed by atoms with van der Waals surface area (Å²) in [6.07, 6.45) is 7.22. The van der Waals surface area contributed by atoms with Gasteiger partial charge in [-0.05, 0) is 48.6 Å². The molecule has 5 nitrogen and oxygen atoms in total. The maximum absolute atomic E-state index is 11.0. The van der Waals surface area contributed by atoms with E-state index in [0.717, 1.165) is 50.5 Å². The number of hydrogen-bond acceptors (Lipinski definition) is 5. The van der Waals surface area contributed by atoms with Gasteiger partial charge in [-0.2, -0.15) is 15.8 Å². The molecule has 6 heteroatoms. The van der Waals surface area contributed by atoms with Crippen LogP contribution in [0.4, 0.5) is 0 Å². The number of ketones is 1. The topological polar surface area (TPSA) is 109 Å². The van der Waals surface area contributed by atoms with Gasteiger partial charge >= 0.3 is 0 Å². The van der Waals surface area contributed by atoms with Crippen LogP contribution in [0.1, 0.15) is 74.3 Å². The van der Waals surface area contributed by atoms with E-state index in [4.69, 9.17) is 27.4 Å². The Bertz CT molecular complexity index is 805. The maximum atomic E-state index is 11.0. The minimum atomic E-state index is -0.865. The van der Waals surface area contributed by atoms with Crippen LogP contribution in [0.2, 0.25) is 0 Å². The summed E-state index contributed by atoms with van der Waals surface area (Å²) in [4.78, 5) is 11.0. The Morgan fingerprint density at radius 2 is 1.73 bits per heavy atom. The van der Waals surface area contributed by atoms with Crippen LogP contribution in [0.5, 0.6) is 0 Å². The first kappa shape index (κ1) is 23.9. The molecule has 1 fully saturated rings. The summed E-state index contributed by atoms with van der Waals surface area (Å²) in [5.41, 5.74) is 2.02. The van der Waals surface area contributed by atoms with Gasteiger partial charge in [0.25, 0.3) is 0 Å². The Morgan fingerprint density at radius 3 is 2.33 bits per heavy atom.